The maximum atomic E-state index is 13.1. The molecule has 0 bridgehead atoms. The number of rotatable bonds is 5. The summed E-state index contributed by atoms with van der Waals surface area (Å²) in [6.07, 6.45) is 1.26. The lowest BCUT2D eigenvalue weighted by molar-refractivity contribution is -0.120. The molecule has 0 spiro atoms. The largest absolute Gasteiger partial charge is 0.366 e. The van der Waals surface area contributed by atoms with E-state index in [0.717, 1.165) is 13.0 Å². The van der Waals surface area contributed by atoms with Crippen LogP contribution >= 0.6 is 0 Å². The van der Waals surface area contributed by atoms with Crippen molar-refractivity contribution >= 4 is 11.6 Å². The zero-order valence-electron chi connectivity index (χ0n) is 13.3. The summed E-state index contributed by atoms with van der Waals surface area (Å²) in [5.74, 6) is -0.382. The number of hydrogen-bond donors (Lipinski definition) is 1. The number of anilines is 1. The van der Waals surface area contributed by atoms with Crippen LogP contribution in [-0.4, -0.2) is 25.0 Å². The average Bonchev–Trinajstić information content (AvgIpc) is 2.97. The second kappa shape index (κ2) is 6.82. The van der Waals surface area contributed by atoms with Crippen LogP contribution in [0.3, 0.4) is 0 Å². The number of nitrogens with one attached hydrogen (secondary N) is 1. The monoisotopic (exact) mass is 312 g/mol. The number of para-hydroxylation sites is 1. The SMILES string of the molecule is C[C@@H](CNC(=O)Cc1cccc(F)c1)N1CCc2ccccc21. The van der Waals surface area contributed by atoms with Crippen molar-refractivity contribution in [1.29, 1.82) is 0 Å². The first-order chi connectivity index (χ1) is 11.1. The quantitative estimate of drug-likeness (QED) is 0.920. The summed E-state index contributed by atoms with van der Waals surface area (Å²) in [6, 6.07) is 14.8. The number of fused-ring (bicyclic) bond motifs is 1. The molecule has 0 saturated carbocycles. The fourth-order valence-electron chi connectivity index (χ4n) is 3.09. The van der Waals surface area contributed by atoms with E-state index in [9.17, 15) is 9.18 Å². The Balaban J connectivity index is 1.53. The van der Waals surface area contributed by atoms with Crippen molar-refractivity contribution in [2.75, 3.05) is 18.0 Å². The molecule has 0 saturated heterocycles. The number of carbonyl (C=O) groups excluding carboxylic acids is 1. The van der Waals surface area contributed by atoms with Crippen LogP contribution in [0.5, 0.6) is 0 Å². The van der Waals surface area contributed by atoms with Gasteiger partial charge in [-0.2, -0.15) is 0 Å². The molecule has 1 N–H and O–H groups in total. The Labute approximate surface area is 136 Å². The minimum Gasteiger partial charge on any atom is -0.366 e. The third kappa shape index (κ3) is 3.70. The van der Waals surface area contributed by atoms with Crippen LogP contribution < -0.4 is 10.2 Å². The smallest absolute Gasteiger partial charge is 0.224 e. The van der Waals surface area contributed by atoms with Gasteiger partial charge in [0.15, 0.2) is 0 Å². The van der Waals surface area contributed by atoms with Gasteiger partial charge in [0.2, 0.25) is 5.91 Å². The molecule has 120 valence electrons. The highest BCUT2D eigenvalue weighted by Gasteiger charge is 2.23. The number of halogens is 1. The van der Waals surface area contributed by atoms with Crippen LogP contribution in [0.4, 0.5) is 10.1 Å². The molecule has 3 nitrogen and oxygen atoms in total. The lowest BCUT2D eigenvalue weighted by Crippen LogP contribution is -2.41. The second-order valence-electron chi connectivity index (χ2n) is 6.03. The molecule has 2 aromatic carbocycles. The number of benzene rings is 2. The first-order valence-corrected chi connectivity index (χ1v) is 7.99. The van der Waals surface area contributed by atoms with Crippen LogP contribution in [0, 0.1) is 5.82 Å². The van der Waals surface area contributed by atoms with Crippen molar-refractivity contribution < 1.29 is 9.18 Å². The van der Waals surface area contributed by atoms with Crippen molar-refractivity contribution in [3.05, 3.63) is 65.5 Å². The summed E-state index contributed by atoms with van der Waals surface area (Å²) in [7, 11) is 0. The summed E-state index contributed by atoms with van der Waals surface area (Å²) in [4.78, 5) is 14.4. The molecule has 3 rings (SSSR count). The third-order valence-electron chi connectivity index (χ3n) is 4.30. The molecule has 1 aliphatic rings. The Morgan fingerprint density at radius 3 is 2.91 bits per heavy atom. The van der Waals surface area contributed by atoms with Crippen LogP contribution in [-0.2, 0) is 17.6 Å². The molecule has 23 heavy (non-hydrogen) atoms. The Morgan fingerprint density at radius 1 is 1.26 bits per heavy atom. The number of carbonyl (C=O) groups is 1. The predicted octanol–water partition coefficient (Wildman–Crippen LogP) is 2.94. The Bertz CT molecular complexity index is 701. The molecule has 0 unspecified atom stereocenters. The molecule has 1 heterocycles. The highest BCUT2D eigenvalue weighted by molar-refractivity contribution is 5.78. The van der Waals surface area contributed by atoms with Crippen molar-refractivity contribution in [2.24, 2.45) is 0 Å². The normalized spacial score (nSPS) is 14.4. The van der Waals surface area contributed by atoms with E-state index in [1.165, 1.54) is 23.4 Å². The Morgan fingerprint density at radius 2 is 2.09 bits per heavy atom. The molecule has 0 aromatic heterocycles. The molecular weight excluding hydrogens is 291 g/mol. The van der Waals surface area contributed by atoms with Crippen LogP contribution in [0.25, 0.3) is 0 Å². The van der Waals surface area contributed by atoms with E-state index < -0.39 is 0 Å². The van der Waals surface area contributed by atoms with Crippen LogP contribution in [0.15, 0.2) is 48.5 Å². The molecule has 1 atom stereocenters. The molecule has 1 amide bonds. The summed E-state index contributed by atoms with van der Waals surface area (Å²) in [5, 5.41) is 2.96. The maximum absolute atomic E-state index is 13.1. The highest BCUT2D eigenvalue weighted by atomic mass is 19.1. The third-order valence-corrected chi connectivity index (χ3v) is 4.30. The van der Waals surface area contributed by atoms with Gasteiger partial charge >= 0.3 is 0 Å². The van der Waals surface area contributed by atoms with E-state index in [0.29, 0.717) is 12.1 Å². The molecule has 0 aliphatic carbocycles. The topological polar surface area (TPSA) is 32.3 Å². The van der Waals surface area contributed by atoms with E-state index in [2.05, 4.69) is 35.3 Å². The summed E-state index contributed by atoms with van der Waals surface area (Å²) < 4.78 is 13.1. The maximum Gasteiger partial charge on any atom is 0.224 e. The van der Waals surface area contributed by atoms with E-state index in [4.69, 9.17) is 0 Å². The fourth-order valence-corrected chi connectivity index (χ4v) is 3.09. The Kier molecular flexibility index (Phi) is 4.60. The standard InChI is InChI=1S/C19H21FN2O/c1-14(22-10-9-16-6-2-3-8-18(16)22)13-21-19(23)12-15-5-4-7-17(20)11-15/h2-8,11,14H,9-10,12-13H2,1H3,(H,21,23)/t14-/m0/s1. The lowest BCUT2D eigenvalue weighted by Gasteiger charge is -2.27. The molecule has 0 fully saturated rings. The van der Waals surface area contributed by atoms with E-state index >= 15 is 0 Å². The van der Waals surface area contributed by atoms with Crippen LogP contribution in [0.2, 0.25) is 0 Å². The van der Waals surface area contributed by atoms with Gasteiger partial charge in [-0.25, -0.2) is 4.39 Å². The van der Waals surface area contributed by atoms with Gasteiger partial charge in [0.1, 0.15) is 5.82 Å². The summed E-state index contributed by atoms with van der Waals surface area (Å²) >= 11 is 0. The van der Waals surface area contributed by atoms with Crippen molar-refractivity contribution in [3.63, 3.8) is 0 Å². The van der Waals surface area contributed by atoms with Gasteiger partial charge in [-0.3, -0.25) is 4.79 Å². The first kappa shape index (κ1) is 15.5. The number of hydrogen-bond acceptors (Lipinski definition) is 2. The van der Waals surface area contributed by atoms with Crippen molar-refractivity contribution in [3.8, 4) is 0 Å². The zero-order valence-corrected chi connectivity index (χ0v) is 13.3. The minimum absolute atomic E-state index is 0.0741. The summed E-state index contributed by atoms with van der Waals surface area (Å²) in [6.45, 7) is 3.69. The minimum atomic E-state index is -0.308. The van der Waals surface area contributed by atoms with E-state index in [1.54, 1.807) is 12.1 Å². The van der Waals surface area contributed by atoms with Crippen LogP contribution in [0.1, 0.15) is 18.1 Å². The van der Waals surface area contributed by atoms with Gasteiger partial charge in [0.25, 0.3) is 0 Å². The zero-order chi connectivity index (χ0) is 16.2. The molecule has 0 radical (unpaired) electrons. The van der Waals surface area contributed by atoms with Gasteiger partial charge < -0.3 is 10.2 Å². The fraction of sp³-hybridized carbons (Fsp3) is 0.316. The predicted molar refractivity (Wildman–Crippen MR) is 90.1 cm³/mol. The van der Waals surface area contributed by atoms with Gasteiger partial charge in [-0.05, 0) is 42.7 Å². The highest BCUT2D eigenvalue weighted by Crippen LogP contribution is 2.28. The molecule has 1 aliphatic heterocycles. The van der Waals surface area contributed by atoms with E-state index in [1.807, 2.05) is 6.07 Å². The van der Waals surface area contributed by atoms with Gasteiger partial charge in [0.05, 0.1) is 6.42 Å². The Hall–Kier alpha value is -2.36. The van der Waals surface area contributed by atoms with Crippen molar-refractivity contribution in [1.82, 2.24) is 5.32 Å². The lowest BCUT2D eigenvalue weighted by atomic mass is 10.1. The van der Waals surface area contributed by atoms with Gasteiger partial charge in [0, 0.05) is 24.8 Å². The van der Waals surface area contributed by atoms with Crippen molar-refractivity contribution in [2.45, 2.75) is 25.8 Å². The molecular formula is C19H21FN2O. The summed E-state index contributed by atoms with van der Waals surface area (Å²) in [5.41, 5.74) is 3.33. The van der Waals surface area contributed by atoms with Gasteiger partial charge in [-0.15, -0.1) is 0 Å². The van der Waals surface area contributed by atoms with Gasteiger partial charge in [-0.1, -0.05) is 30.3 Å². The van der Waals surface area contributed by atoms with E-state index in [-0.39, 0.29) is 24.2 Å². The first-order valence-electron chi connectivity index (χ1n) is 7.99. The molecule has 4 heteroatoms. The number of amides is 1. The average molecular weight is 312 g/mol. The molecule has 2 aromatic rings. The second-order valence-corrected chi connectivity index (χ2v) is 6.03. The number of nitrogens with zero attached hydrogens (tertiary/aromatic N) is 1.